The number of amides is 2. The lowest BCUT2D eigenvalue weighted by molar-refractivity contribution is -0.114. The largest absolute Gasteiger partial charge is 0.491 e. The maximum absolute atomic E-state index is 13.2. The first-order valence-corrected chi connectivity index (χ1v) is 10.8. The summed E-state index contributed by atoms with van der Waals surface area (Å²) in [6.07, 6.45) is 2.55. The van der Waals surface area contributed by atoms with E-state index in [1.54, 1.807) is 37.3 Å². The number of ether oxygens (including phenoxy) is 2. The SMILES string of the molecule is CO[C@H]1CN(C)C(=O)c2cc(NC(C)=O)ccc2OC[C@@H](C)N(CC2CC2)C[C@H]1C. The minimum atomic E-state index is -0.178. The average Bonchev–Trinajstić information content (AvgIpc) is 3.52. The van der Waals surface area contributed by atoms with Crippen LogP contribution in [0.25, 0.3) is 0 Å². The number of anilines is 1. The van der Waals surface area contributed by atoms with Crippen molar-refractivity contribution in [2.24, 2.45) is 11.8 Å². The van der Waals surface area contributed by atoms with Crippen LogP contribution >= 0.6 is 0 Å². The molecule has 0 spiro atoms. The van der Waals surface area contributed by atoms with Gasteiger partial charge in [-0.1, -0.05) is 6.92 Å². The van der Waals surface area contributed by atoms with E-state index in [0.717, 1.165) is 19.0 Å². The Morgan fingerprint density at radius 2 is 2.00 bits per heavy atom. The van der Waals surface area contributed by atoms with Gasteiger partial charge in [-0.25, -0.2) is 0 Å². The highest BCUT2D eigenvalue weighted by molar-refractivity contribution is 5.99. The molecule has 0 saturated heterocycles. The molecule has 1 N–H and O–H groups in total. The van der Waals surface area contributed by atoms with Crippen molar-refractivity contribution in [1.82, 2.24) is 9.80 Å². The summed E-state index contributed by atoms with van der Waals surface area (Å²) >= 11 is 0. The molecule has 1 heterocycles. The quantitative estimate of drug-likeness (QED) is 0.816. The molecule has 7 heteroatoms. The molecule has 0 bridgehead atoms. The molecule has 1 aromatic carbocycles. The molecule has 166 valence electrons. The fourth-order valence-corrected chi connectivity index (χ4v) is 4.02. The molecule has 30 heavy (non-hydrogen) atoms. The van der Waals surface area contributed by atoms with Crippen LogP contribution < -0.4 is 10.1 Å². The van der Waals surface area contributed by atoms with Crippen molar-refractivity contribution >= 4 is 17.5 Å². The standard InChI is InChI=1S/C23H35N3O4/c1-15-11-26(12-18-6-7-18)16(2)14-30-21-9-8-19(24-17(3)27)10-20(21)23(28)25(4)13-22(15)29-5/h8-10,15-16,18,22H,6-7,11-14H2,1-5H3,(H,24,27)/t15-,16-,22+/m1/s1. The van der Waals surface area contributed by atoms with Gasteiger partial charge in [0, 0.05) is 52.4 Å². The lowest BCUT2D eigenvalue weighted by atomic mass is 10.0. The molecule has 2 amide bonds. The summed E-state index contributed by atoms with van der Waals surface area (Å²) in [5.41, 5.74) is 1.03. The van der Waals surface area contributed by atoms with Gasteiger partial charge < -0.3 is 19.7 Å². The van der Waals surface area contributed by atoms with Gasteiger partial charge in [0.1, 0.15) is 12.4 Å². The molecule has 1 aromatic rings. The average molecular weight is 418 g/mol. The maximum Gasteiger partial charge on any atom is 0.257 e. The molecule has 0 unspecified atom stereocenters. The van der Waals surface area contributed by atoms with Crippen molar-refractivity contribution in [2.75, 3.05) is 45.7 Å². The second-order valence-corrected chi connectivity index (χ2v) is 8.89. The van der Waals surface area contributed by atoms with Crippen LogP contribution in [0, 0.1) is 11.8 Å². The van der Waals surface area contributed by atoms with Crippen LogP contribution in [0.2, 0.25) is 0 Å². The van der Waals surface area contributed by atoms with E-state index in [-0.39, 0.29) is 29.9 Å². The van der Waals surface area contributed by atoms with Crippen LogP contribution in [0.1, 0.15) is 44.0 Å². The third-order valence-electron chi connectivity index (χ3n) is 6.08. The Morgan fingerprint density at radius 3 is 2.63 bits per heavy atom. The molecule has 2 aliphatic rings. The van der Waals surface area contributed by atoms with Crippen molar-refractivity contribution in [3.05, 3.63) is 23.8 Å². The van der Waals surface area contributed by atoms with Gasteiger partial charge in [-0.2, -0.15) is 0 Å². The van der Waals surface area contributed by atoms with Crippen molar-refractivity contribution < 1.29 is 19.1 Å². The van der Waals surface area contributed by atoms with E-state index in [9.17, 15) is 9.59 Å². The normalized spacial score (nSPS) is 26.2. The van der Waals surface area contributed by atoms with E-state index in [4.69, 9.17) is 9.47 Å². The molecule has 1 fully saturated rings. The predicted molar refractivity (Wildman–Crippen MR) is 117 cm³/mol. The Kier molecular flexibility index (Phi) is 7.36. The van der Waals surface area contributed by atoms with Crippen LogP contribution in [0.3, 0.4) is 0 Å². The fourth-order valence-electron chi connectivity index (χ4n) is 4.02. The second kappa shape index (κ2) is 9.79. The number of carbonyl (C=O) groups excluding carboxylic acids is 2. The molecule has 0 radical (unpaired) electrons. The van der Waals surface area contributed by atoms with E-state index in [1.807, 2.05) is 0 Å². The Morgan fingerprint density at radius 1 is 1.27 bits per heavy atom. The van der Waals surface area contributed by atoms with Gasteiger partial charge in [0.15, 0.2) is 0 Å². The smallest absolute Gasteiger partial charge is 0.257 e. The number of hydrogen-bond acceptors (Lipinski definition) is 5. The first kappa shape index (κ1) is 22.6. The molecular weight excluding hydrogens is 382 g/mol. The summed E-state index contributed by atoms with van der Waals surface area (Å²) in [5, 5.41) is 2.75. The van der Waals surface area contributed by atoms with Crippen LogP contribution in [-0.2, 0) is 9.53 Å². The summed E-state index contributed by atoms with van der Waals surface area (Å²) in [4.78, 5) is 28.9. The molecule has 0 aromatic heterocycles. The summed E-state index contributed by atoms with van der Waals surface area (Å²) < 4.78 is 11.9. The van der Waals surface area contributed by atoms with Gasteiger partial charge in [-0.15, -0.1) is 0 Å². The molecule has 1 aliphatic heterocycles. The zero-order valence-electron chi connectivity index (χ0n) is 18.8. The molecule has 7 nitrogen and oxygen atoms in total. The van der Waals surface area contributed by atoms with Crippen LogP contribution in [-0.4, -0.2) is 74.2 Å². The van der Waals surface area contributed by atoms with Crippen molar-refractivity contribution in [2.45, 2.75) is 45.8 Å². The zero-order valence-corrected chi connectivity index (χ0v) is 18.8. The lowest BCUT2D eigenvalue weighted by Gasteiger charge is -2.36. The van der Waals surface area contributed by atoms with E-state index in [0.29, 0.717) is 30.2 Å². The number of likely N-dealkylation sites (N-methyl/N-ethyl adjacent to an activating group) is 1. The lowest BCUT2D eigenvalue weighted by Crippen LogP contribution is -2.47. The third-order valence-corrected chi connectivity index (χ3v) is 6.08. The molecule has 1 aliphatic carbocycles. The number of fused-ring (bicyclic) bond motifs is 1. The van der Waals surface area contributed by atoms with Gasteiger partial charge in [-0.3, -0.25) is 14.5 Å². The number of rotatable bonds is 4. The number of benzene rings is 1. The van der Waals surface area contributed by atoms with E-state index in [2.05, 4.69) is 24.1 Å². The maximum atomic E-state index is 13.2. The summed E-state index contributed by atoms with van der Waals surface area (Å²) in [7, 11) is 3.50. The number of carbonyl (C=O) groups is 2. The zero-order chi connectivity index (χ0) is 21.8. The number of hydrogen-bond donors (Lipinski definition) is 1. The topological polar surface area (TPSA) is 71.1 Å². The van der Waals surface area contributed by atoms with Crippen molar-refractivity contribution in [1.29, 1.82) is 0 Å². The highest BCUT2D eigenvalue weighted by Gasteiger charge is 2.31. The van der Waals surface area contributed by atoms with Gasteiger partial charge in [0.25, 0.3) is 5.91 Å². The van der Waals surface area contributed by atoms with Crippen molar-refractivity contribution in [3.63, 3.8) is 0 Å². The fraction of sp³-hybridized carbons (Fsp3) is 0.652. The predicted octanol–water partition coefficient (Wildman–Crippen LogP) is 2.86. The molecular formula is C23H35N3O4. The van der Waals surface area contributed by atoms with Gasteiger partial charge in [0.05, 0.1) is 11.7 Å². The Labute approximate surface area is 179 Å². The highest BCUT2D eigenvalue weighted by Crippen LogP contribution is 2.31. The Balaban J connectivity index is 1.91. The van der Waals surface area contributed by atoms with E-state index >= 15 is 0 Å². The molecule has 3 rings (SSSR count). The van der Waals surface area contributed by atoms with Crippen LogP contribution in [0.5, 0.6) is 5.75 Å². The summed E-state index contributed by atoms with van der Waals surface area (Å²) in [6.45, 7) is 8.80. The van der Waals surface area contributed by atoms with Gasteiger partial charge in [0.2, 0.25) is 5.91 Å². The minimum Gasteiger partial charge on any atom is -0.491 e. The number of nitrogens with one attached hydrogen (secondary N) is 1. The summed E-state index contributed by atoms with van der Waals surface area (Å²) in [6, 6.07) is 5.46. The highest BCUT2D eigenvalue weighted by atomic mass is 16.5. The number of nitrogens with zero attached hydrogens (tertiary/aromatic N) is 2. The van der Waals surface area contributed by atoms with E-state index in [1.165, 1.54) is 19.8 Å². The summed E-state index contributed by atoms with van der Waals surface area (Å²) in [5.74, 6) is 1.28. The van der Waals surface area contributed by atoms with Crippen molar-refractivity contribution in [3.8, 4) is 5.75 Å². The van der Waals surface area contributed by atoms with Gasteiger partial charge in [-0.05, 0) is 49.8 Å². The van der Waals surface area contributed by atoms with E-state index < -0.39 is 0 Å². The van der Waals surface area contributed by atoms with Crippen LogP contribution in [0.4, 0.5) is 5.69 Å². The third kappa shape index (κ3) is 5.73. The Bertz CT molecular complexity index is 765. The van der Waals surface area contributed by atoms with Crippen LogP contribution in [0.15, 0.2) is 18.2 Å². The Hall–Kier alpha value is -2.12. The second-order valence-electron chi connectivity index (χ2n) is 8.89. The minimum absolute atomic E-state index is 0.0600. The first-order chi connectivity index (χ1) is 14.3. The first-order valence-electron chi connectivity index (χ1n) is 10.8. The van der Waals surface area contributed by atoms with Gasteiger partial charge >= 0.3 is 0 Å². The number of methoxy groups -OCH3 is 1. The molecule has 3 atom stereocenters. The molecule has 1 saturated carbocycles. The monoisotopic (exact) mass is 417 g/mol.